The Morgan fingerprint density at radius 2 is 1.86 bits per heavy atom. The van der Waals surface area contributed by atoms with Crippen LogP contribution in [0.5, 0.6) is 0 Å². The summed E-state index contributed by atoms with van der Waals surface area (Å²) in [6.45, 7) is 5.76. The van der Waals surface area contributed by atoms with Gasteiger partial charge in [0.05, 0.1) is 15.7 Å². The lowest BCUT2D eigenvalue weighted by molar-refractivity contribution is 0.566. The van der Waals surface area contributed by atoms with Gasteiger partial charge in [0.15, 0.2) is 0 Å². The summed E-state index contributed by atoms with van der Waals surface area (Å²) in [5.41, 5.74) is 2.84. The van der Waals surface area contributed by atoms with Gasteiger partial charge in [0, 0.05) is 10.3 Å². The molecule has 0 bridgehead atoms. The van der Waals surface area contributed by atoms with Crippen molar-refractivity contribution in [2.45, 2.75) is 30.6 Å². The molecule has 108 valence electrons. The van der Waals surface area contributed by atoms with Gasteiger partial charge in [-0.1, -0.05) is 12.1 Å². The molecule has 3 rings (SSSR count). The van der Waals surface area contributed by atoms with Crippen LogP contribution in [0.1, 0.15) is 16.9 Å². The lowest BCUT2D eigenvalue weighted by Crippen LogP contribution is -1.95. The maximum Gasteiger partial charge on any atom is 0.136 e. The normalized spacial score (nSPS) is 12.8. The van der Waals surface area contributed by atoms with Gasteiger partial charge < -0.3 is 4.42 Å². The van der Waals surface area contributed by atoms with Gasteiger partial charge in [0.1, 0.15) is 17.2 Å². The van der Waals surface area contributed by atoms with Gasteiger partial charge in [-0.05, 0) is 56.2 Å². The van der Waals surface area contributed by atoms with Gasteiger partial charge in [-0.2, -0.15) is 0 Å². The third kappa shape index (κ3) is 2.40. The Hall–Kier alpha value is -1.94. The molecule has 2 aromatic carbocycles. The van der Waals surface area contributed by atoms with E-state index in [-0.39, 0.29) is 5.82 Å². The average Bonchev–Trinajstić information content (AvgIpc) is 2.74. The van der Waals surface area contributed by atoms with Crippen LogP contribution >= 0.6 is 0 Å². The van der Waals surface area contributed by atoms with Crippen molar-refractivity contribution in [3.63, 3.8) is 0 Å². The van der Waals surface area contributed by atoms with Gasteiger partial charge in [0.25, 0.3) is 0 Å². The molecule has 1 atom stereocenters. The molecule has 0 unspecified atom stereocenters. The molecule has 4 heteroatoms. The zero-order valence-electron chi connectivity index (χ0n) is 12.1. The van der Waals surface area contributed by atoms with E-state index in [2.05, 4.69) is 0 Å². The van der Waals surface area contributed by atoms with Crippen LogP contribution in [0.3, 0.4) is 0 Å². The number of halogens is 1. The molecular formula is C17H15FO2S. The van der Waals surface area contributed by atoms with Crippen molar-refractivity contribution in [1.82, 2.24) is 0 Å². The summed E-state index contributed by atoms with van der Waals surface area (Å²) < 4.78 is 31.9. The molecule has 0 aliphatic rings. The Kier molecular flexibility index (Phi) is 3.41. The van der Waals surface area contributed by atoms with E-state index in [4.69, 9.17) is 4.42 Å². The second-order valence-electron chi connectivity index (χ2n) is 5.17. The number of furan rings is 1. The monoisotopic (exact) mass is 302 g/mol. The topological polar surface area (TPSA) is 30.2 Å². The number of benzene rings is 2. The van der Waals surface area contributed by atoms with Gasteiger partial charge in [-0.15, -0.1) is 0 Å². The molecular weight excluding hydrogens is 287 g/mol. The standard InChI is InChI=1S/C17H15FO2S/c1-10-7-11(2)16-15(8-10)20-12(3)17(16)21(19)14-6-4-5-13(18)9-14/h4-9H,1-3H3/t21-/m1/s1. The highest BCUT2D eigenvalue weighted by Gasteiger charge is 2.20. The second-order valence-corrected chi connectivity index (χ2v) is 6.59. The Bertz CT molecular complexity index is 865. The van der Waals surface area contributed by atoms with Crippen molar-refractivity contribution >= 4 is 21.8 Å². The van der Waals surface area contributed by atoms with Crippen molar-refractivity contribution in [2.75, 3.05) is 0 Å². The lowest BCUT2D eigenvalue weighted by Gasteiger charge is -2.04. The highest BCUT2D eigenvalue weighted by atomic mass is 32.2. The molecule has 0 N–H and O–H groups in total. The summed E-state index contributed by atoms with van der Waals surface area (Å²) in [7, 11) is -1.46. The molecule has 21 heavy (non-hydrogen) atoms. The first-order valence-corrected chi connectivity index (χ1v) is 7.80. The molecule has 0 spiro atoms. The Balaban J connectivity index is 2.25. The average molecular weight is 302 g/mol. The summed E-state index contributed by atoms with van der Waals surface area (Å²) >= 11 is 0. The Morgan fingerprint density at radius 3 is 2.57 bits per heavy atom. The first-order valence-electron chi connectivity index (χ1n) is 6.65. The summed E-state index contributed by atoms with van der Waals surface area (Å²) in [6.07, 6.45) is 0. The van der Waals surface area contributed by atoms with Crippen LogP contribution in [0, 0.1) is 26.6 Å². The largest absolute Gasteiger partial charge is 0.460 e. The summed E-state index contributed by atoms with van der Waals surface area (Å²) in [5.74, 6) is 0.222. The van der Waals surface area contributed by atoms with Crippen molar-refractivity contribution in [3.8, 4) is 0 Å². The van der Waals surface area contributed by atoms with Crippen LogP contribution < -0.4 is 0 Å². The quantitative estimate of drug-likeness (QED) is 0.689. The van der Waals surface area contributed by atoms with Crippen LogP contribution in [0.15, 0.2) is 50.6 Å². The molecule has 1 heterocycles. The van der Waals surface area contributed by atoms with Gasteiger partial charge in [-0.3, -0.25) is 0 Å². The number of aryl methyl sites for hydroxylation is 3. The zero-order valence-corrected chi connectivity index (χ0v) is 12.9. The van der Waals surface area contributed by atoms with Gasteiger partial charge >= 0.3 is 0 Å². The fourth-order valence-electron chi connectivity index (χ4n) is 2.61. The second kappa shape index (κ2) is 5.11. The van der Waals surface area contributed by atoms with Crippen LogP contribution in [-0.2, 0) is 10.8 Å². The smallest absolute Gasteiger partial charge is 0.136 e. The first-order chi connectivity index (χ1) is 9.97. The molecule has 0 saturated heterocycles. The SMILES string of the molecule is Cc1cc(C)c2c([S@](=O)c3cccc(F)c3)c(C)oc2c1. The minimum atomic E-state index is -1.46. The summed E-state index contributed by atoms with van der Waals surface area (Å²) in [4.78, 5) is 1.08. The van der Waals surface area contributed by atoms with Crippen LogP contribution in [-0.4, -0.2) is 4.21 Å². The van der Waals surface area contributed by atoms with Gasteiger partial charge in [-0.25, -0.2) is 8.60 Å². The molecule has 0 aliphatic heterocycles. The van der Waals surface area contributed by atoms with Crippen LogP contribution in [0.25, 0.3) is 11.0 Å². The maximum atomic E-state index is 13.4. The van der Waals surface area contributed by atoms with Crippen molar-refractivity contribution in [2.24, 2.45) is 0 Å². The third-order valence-electron chi connectivity index (χ3n) is 3.45. The Labute approximate surface area is 125 Å². The number of hydrogen-bond donors (Lipinski definition) is 0. The van der Waals surface area contributed by atoms with Crippen molar-refractivity contribution < 1.29 is 13.0 Å². The van der Waals surface area contributed by atoms with E-state index in [0.717, 1.165) is 22.1 Å². The van der Waals surface area contributed by atoms with E-state index in [1.54, 1.807) is 19.1 Å². The zero-order chi connectivity index (χ0) is 15.1. The van der Waals surface area contributed by atoms with E-state index < -0.39 is 10.8 Å². The highest BCUT2D eigenvalue weighted by molar-refractivity contribution is 7.85. The van der Waals surface area contributed by atoms with Crippen molar-refractivity contribution in [3.05, 3.63) is 59.1 Å². The Morgan fingerprint density at radius 1 is 1.10 bits per heavy atom. The van der Waals surface area contributed by atoms with Crippen LogP contribution in [0.4, 0.5) is 4.39 Å². The van der Waals surface area contributed by atoms with E-state index in [1.807, 2.05) is 26.0 Å². The first kappa shape index (κ1) is 14.0. The molecule has 0 radical (unpaired) electrons. The van der Waals surface area contributed by atoms with Crippen LogP contribution in [0.2, 0.25) is 0 Å². The molecule has 2 nitrogen and oxygen atoms in total. The molecule has 0 saturated carbocycles. The molecule has 0 fully saturated rings. The third-order valence-corrected chi connectivity index (χ3v) is 4.99. The predicted octanol–water partition coefficient (Wildman–Crippen LogP) is 4.66. The highest BCUT2D eigenvalue weighted by Crippen LogP contribution is 2.34. The predicted molar refractivity (Wildman–Crippen MR) is 81.5 cm³/mol. The molecule has 3 aromatic rings. The number of hydrogen-bond acceptors (Lipinski definition) is 2. The number of fused-ring (bicyclic) bond motifs is 1. The summed E-state index contributed by atoms with van der Waals surface area (Å²) in [5, 5.41) is 0.862. The van der Waals surface area contributed by atoms with E-state index in [1.165, 1.54) is 12.1 Å². The fourth-order valence-corrected chi connectivity index (χ4v) is 4.02. The minimum absolute atomic E-state index is 0.390. The van der Waals surface area contributed by atoms with E-state index >= 15 is 0 Å². The molecule has 0 amide bonds. The number of rotatable bonds is 2. The summed E-state index contributed by atoms with van der Waals surface area (Å²) in [6, 6.07) is 9.84. The minimum Gasteiger partial charge on any atom is -0.460 e. The van der Waals surface area contributed by atoms with E-state index in [0.29, 0.717) is 15.6 Å². The fraction of sp³-hybridized carbons (Fsp3) is 0.176. The maximum absolute atomic E-state index is 13.4. The van der Waals surface area contributed by atoms with Crippen molar-refractivity contribution in [1.29, 1.82) is 0 Å². The van der Waals surface area contributed by atoms with E-state index in [9.17, 15) is 8.60 Å². The van der Waals surface area contributed by atoms with Gasteiger partial charge in [0.2, 0.25) is 0 Å². The molecule has 0 aliphatic carbocycles. The molecule has 1 aromatic heterocycles. The lowest BCUT2D eigenvalue weighted by atomic mass is 10.1.